The smallest absolute Gasteiger partial charge is 0.344 e. The van der Waals surface area contributed by atoms with Gasteiger partial charge in [0.05, 0.1) is 11.1 Å². The Morgan fingerprint density at radius 1 is 0.857 bits per heavy atom. The molecular weight excluding hydrogens is 444 g/mol. The fourth-order valence-corrected chi connectivity index (χ4v) is 3.41. The molecule has 0 radical (unpaired) electrons. The summed E-state index contributed by atoms with van der Waals surface area (Å²) < 4.78 is 5.50. The van der Waals surface area contributed by atoms with Crippen molar-refractivity contribution < 1.29 is 24.2 Å². The van der Waals surface area contributed by atoms with Gasteiger partial charge in [-0.15, -0.1) is 0 Å². The number of amides is 1. The van der Waals surface area contributed by atoms with E-state index in [2.05, 4.69) is 5.32 Å². The standard InChI is InChI=1S/C28H18N2O5/c29-17-21(26(31)30-22-12-10-20(11-13-22)27(32)33)16-18-8-14-23(15-9-18)35-28(34)25-7-3-5-19-4-1-2-6-24(19)25/h1-16H,(H,30,31)(H,32,33)/b21-16+. The Morgan fingerprint density at radius 3 is 2.23 bits per heavy atom. The van der Waals surface area contributed by atoms with Gasteiger partial charge in [-0.3, -0.25) is 4.79 Å². The lowest BCUT2D eigenvalue weighted by Crippen LogP contribution is -2.13. The molecule has 7 nitrogen and oxygen atoms in total. The molecule has 0 saturated heterocycles. The van der Waals surface area contributed by atoms with E-state index in [0.29, 0.717) is 22.6 Å². The number of esters is 1. The van der Waals surface area contributed by atoms with E-state index >= 15 is 0 Å². The molecule has 7 heteroatoms. The van der Waals surface area contributed by atoms with Gasteiger partial charge in [-0.05, 0) is 64.9 Å². The maximum atomic E-state index is 12.7. The third-order valence-electron chi connectivity index (χ3n) is 5.17. The predicted molar refractivity (Wildman–Crippen MR) is 131 cm³/mol. The molecule has 0 spiro atoms. The Balaban J connectivity index is 1.45. The van der Waals surface area contributed by atoms with Crippen molar-refractivity contribution in [2.24, 2.45) is 0 Å². The second-order valence-corrected chi connectivity index (χ2v) is 7.49. The van der Waals surface area contributed by atoms with Crippen molar-refractivity contribution in [3.05, 3.63) is 113 Å². The number of carbonyl (C=O) groups is 3. The molecule has 0 saturated carbocycles. The second-order valence-electron chi connectivity index (χ2n) is 7.49. The first kappa shape index (κ1) is 23.0. The van der Waals surface area contributed by atoms with Crippen molar-refractivity contribution >= 4 is 40.4 Å². The maximum Gasteiger partial charge on any atom is 0.344 e. The first-order valence-electron chi connectivity index (χ1n) is 10.5. The highest BCUT2D eigenvalue weighted by atomic mass is 16.5. The van der Waals surface area contributed by atoms with Gasteiger partial charge in [-0.2, -0.15) is 5.26 Å². The van der Waals surface area contributed by atoms with Crippen LogP contribution in [0.3, 0.4) is 0 Å². The van der Waals surface area contributed by atoms with Crippen molar-refractivity contribution in [1.82, 2.24) is 0 Å². The van der Waals surface area contributed by atoms with Crippen LogP contribution in [-0.2, 0) is 4.79 Å². The van der Waals surface area contributed by atoms with E-state index in [1.807, 2.05) is 36.4 Å². The first-order valence-corrected chi connectivity index (χ1v) is 10.5. The Kier molecular flexibility index (Phi) is 6.66. The van der Waals surface area contributed by atoms with E-state index in [1.165, 1.54) is 30.3 Å². The summed E-state index contributed by atoms with van der Waals surface area (Å²) in [4.78, 5) is 36.1. The summed E-state index contributed by atoms with van der Waals surface area (Å²) in [6.45, 7) is 0. The minimum Gasteiger partial charge on any atom is -0.478 e. The molecule has 4 rings (SSSR count). The average molecular weight is 462 g/mol. The monoisotopic (exact) mass is 462 g/mol. The summed E-state index contributed by atoms with van der Waals surface area (Å²) in [6.07, 6.45) is 1.40. The van der Waals surface area contributed by atoms with Crippen LogP contribution in [0.5, 0.6) is 5.75 Å². The third kappa shape index (κ3) is 5.41. The van der Waals surface area contributed by atoms with Crippen molar-refractivity contribution in [1.29, 1.82) is 5.26 Å². The molecule has 0 aliphatic heterocycles. The minimum atomic E-state index is -1.08. The van der Waals surface area contributed by atoms with Gasteiger partial charge in [-0.25, -0.2) is 9.59 Å². The summed E-state index contributed by atoms with van der Waals surface area (Å²) >= 11 is 0. The van der Waals surface area contributed by atoms with Crippen LogP contribution in [-0.4, -0.2) is 23.0 Å². The molecule has 4 aromatic carbocycles. The summed E-state index contributed by atoms with van der Waals surface area (Å²) in [6, 6.07) is 26.8. The van der Waals surface area contributed by atoms with Crippen LogP contribution in [0, 0.1) is 11.3 Å². The maximum absolute atomic E-state index is 12.7. The van der Waals surface area contributed by atoms with Gasteiger partial charge in [-0.1, -0.05) is 48.5 Å². The van der Waals surface area contributed by atoms with Crippen molar-refractivity contribution in [3.63, 3.8) is 0 Å². The fourth-order valence-electron chi connectivity index (χ4n) is 3.41. The zero-order chi connectivity index (χ0) is 24.8. The number of aromatic carboxylic acids is 1. The van der Waals surface area contributed by atoms with Crippen LogP contribution in [0.15, 0.2) is 96.6 Å². The number of hydrogen-bond donors (Lipinski definition) is 2. The number of benzene rings is 4. The first-order chi connectivity index (χ1) is 16.9. The van der Waals surface area contributed by atoms with Crippen LogP contribution in [0.4, 0.5) is 5.69 Å². The van der Waals surface area contributed by atoms with Crippen molar-refractivity contribution in [2.45, 2.75) is 0 Å². The molecule has 0 aromatic heterocycles. The number of fused-ring (bicyclic) bond motifs is 1. The molecule has 0 unspecified atom stereocenters. The van der Waals surface area contributed by atoms with Crippen LogP contribution < -0.4 is 10.1 Å². The van der Waals surface area contributed by atoms with Gasteiger partial charge in [0.1, 0.15) is 17.4 Å². The Morgan fingerprint density at radius 2 is 1.54 bits per heavy atom. The number of anilines is 1. The summed E-state index contributed by atoms with van der Waals surface area (Å²) in [5.41, 5.74) is 1.31. The predicted octanol–water partition coefficient (Wildman–Crippen LogP) is 5.30. The molecule has 4 aromatic rings. The third-order valence-corrected chi connectivity index (χ3v) is 5.17. The molecule has 170 valence electrons. The molecule has 2 N–H and O–H groups in total. The van der Waals surface area contributed by atoms with Crippen molar-refractivity contribution in [3.8, 4) is 11.8 Å². The van der Waals surface area contributed by atoms with E-state index in [4.69, 9.17) is 9.84 Å². The van der Waals surface area contributed by atoms with E-state index in [9.17, 15) is 19.6 Å². The van der Waals surface area contributed by atoms with Gasteiger partial charge in [0.25, 0.3) is 5.91 Å². The fraction of sp³-hybridized carbons (Fsp3) is 0. The average Bonchev–Trinajstić information content (AvgIpc) is 2.88. The lowest BCUT2D eigenvalue weighted by Gasteiger charge is -2.08. The van der Waals surface area contributed by atoms with E-state index in [-0.39, 0.29) is 11.1 Å². The highest BCUT2D eigenvalue weighted by Crippen LogP contribution is 2.22. The Bertz CT molecular complexity index is 1490. The van der Waals surface area contributed by atoms with E-state index < -0.39 is 17.8 Å². The Labute approximate surface area is 200 Å². The van der Waals surface area contributed by atoms with Gasteiger partial charge < -0.3 is 15.2 Å². The van der Waals surface area contributed by atoms with Crippen LogP contribution in [0.2, 0.25) is 0 Å². The Hall–Kier alpha value is -5.22. The molecule has 0 aliphatic rings. The topological polar surface area (TPSA) is 116 Å². The largest absolute Gasteiger partial charge is 0.478 e. The normalized spacial score (nSPS) is 10.9. The summed E-state index contributed by atoms with van der Waals surface area (Å²) in [5.74, 6) is -1.88. The number of carboxylic acids is 1. The summed E-state index contributed by atoms with van der Waals surface area (Å²) in [5, 5.41) is 22.6. The van der Waals surface area contributed by atoms with Gasteiger partial charge in [0.2, 0.25) is 0 Å². The number of nitrogens with one attached hydrogen (secondary N) is 1. The number of nitrogens with zero attached hydrogens (tertiary/aromatic N) is 1. The lowest BCUT2D eigenvalue weighted by molar-refractivity contribution is -0.112. The van der Waals surface area contributed by atoms with Crippen molar-refractivity contribution in [2.75, 3.05) is 5.32 Å². The van der Waals surface area contributed by atoms with Gasteiger partial charge >= 0.3 is 11.9 Å². The second kappa shape index (κ2) is 10.1. The molecule has 0 fully saturated rings. The van der Waals surface area contributed by atoms with Crippen LogP contribution in [0.25, 0.3) is 16.8 Å². The highest BCUT2D eigenvalue weighted by Gasteiger charge is 2.13. The molecular formula is C28H18N2O5. The zero-order valence-corrected chi connectivity index (χ0v) is 18.3. The van der Waals surface area contributed by atoms with Crippen LogP contribution in [0.1, 0.15) is 26.3 Å². The van der Waals surface area contributed by atoms with Gasteiger partial charge in [0, 0.05) is 5.69 Å². The SMILES string of the molecule is N#C/C(=C\c1ccc(OC(=O)c2cccc3ccccc23)cc1)C(=O)Nc1ccc(C(=O)O)cc1. The molecule has 35 heavy (non-hydrogen) atoms. The zero-order valence-electron chi connectivity index (χ0n) is 18.3. The summed E-state index contributed by atoms with van der Waals surface area (Å²) in [7, 11) is 0. The molecule has 1 amide bonds. The minimum absolute atomic E-state index is 0.0836. The highest BCUT2D eigenvalue weighted by molar-refractivity contribution is 6.10. The molecule has 0 bridgehead atoms. The molecule has 0 atom stereocenters. The number of hydrogen-bond acceptors (Lipinski definition) is 5. The molecule has 0 heterocycles. The lowest BCUT2D eigenvalue weighted by atomic mass is 10.0. The number of nitriles is 1. The van der Waals surface area contributed by atoms with E-state index in [1.54, 1.807) is 36.4 Å². The number of ether oxygens (including phenoxy) is 1. The number of carboxylic acid groups (broad SMARTS) is 1. The quantitative estimate of drug-likeness (QED) is 0.174. The number of rotatable bonds is 6. The van der Waals surface area contributed by atoms with Crippen LogP contribution >= 0.6 is 0 Å². The number of carbonyl (C=O) groups excluding carboxylic acids is 2. The molecule has 0 aliphatic carbocycles. The van der Waals surface area contributed by atoms with Gasteiger partial charge in [0.15, 0.2) is 0 Å². The van der Waals surface area contributed by atoms with E-state index in [0.717, 1.165) is 10.8 Å².